The molecule has 1 unspecified atom stereocenters. The summed E-state index contributed by atoms with van der Waals surface area (Å²) in [6.07, 6.45) is 0. The summed E-state index contributed by atoms with van der Waals surface area (Å²) in [4.78, 5) is 14.5. The molecule has 0 aliphatic heterocycles. The normalized spacial score (nSPS) is 14.0. The first-order valence-electron chi connectivity index (χ1n) is 7.29. The van der Waals surface area contributed by atoms with Crippen LogP contribution in [0, 0.1) is 0 Å². The second-order valence-corrected chi connectivity index (χ2v) is 5.52. The van der Waals surface area contributed by atoms with E-state index in [0.29, 0.717) is 11.6 Å². The Morgan fingerprint density at radius 1 is 1.38 bits per heavy atom. The van der Waals surface area contributed by atoms with Gasteiger partial charge in [0.1, 0.15) is 5.54 Å². The van der Waals surface area contributed by atoms with E-state index < -0.39 is 5.54 Å². The van der Waals surface area contributed by atoms with Gasteiger partial charge in [0.2, 0.25) is 0 Å². The predicted molar refractivity (Wildman–Crippen MR) is 86.6 cm³/mol. The molecule has 1 rings (SSSR count). The SMILES string of the molecule is CCN(CC)CCNC(C)(C(=O)OC)c1cccc(Cl)c1. The maximum absolute atomic E-state index is 12.2. The minimum Gasteiger partial charge on any atom is -0.467 e. The molecule has 21 heavy (non-hydrogen) atoms. The largest absolute Gasteiger partial charge is 0.467 e. The number of hydrogen-bond donors (Lipinski definition) is 1. The number of ether oxygens (including phenoxy) is 1. The van der Waals surface area contributed by atoms with Gasteiger partial charge < -0.3 is 9.64 Å². The van der Waals surface area contributed by atoms with Crippen molar-refractivity contribution in [1.82, 2.24) is 10.2 Å². The van der Waals surface area contributed by atoms with Crippen LogP contribution >= 0.6 is 11.6 Å². The third-order valence-electron chi connectivity index (χ3n) is 3.80. The number of rotatable bonds is 8. The van der Waals surface area contributed by atoms with E-state index in [1.165, 1.54) is 7.11 Å². The molecule has 1 aromatic carbocycles. The third-order valence-corrected chi connectivity index (χ3v) is 4.03. The average Bonchev–Trinajstić information content (AvgIpc) is 2.50. The zero-order valence-corrected chi connectivity index (χ0v) is 14.0. The molecule has 0 fully saturated rings. The molecular formula is C16H25ClN2O2. The number of halogens is 1. The van der Waals surface area contributed by atoms with Gasteiger partial charge >= 0.3 is 5.97 Å². The van der Waals surface area contributed by atoms with Gasteiger partial charge in [0.25, 0.3) is 0 Å². The minimum absolute atomic E-state index is 0.315. The fourth-order valence-electron chi connectivity index (χ4n) is 2.30. The lowest BCUT2D eigenvalue weighted by Crippen LogP contribution is -2.49. The third kappa shape index (κ3) is 4.70. The van der Waals surface area contributed by atoms with Crippen molar-refractivity contribution in [3.8, 4) is 0 Å². The number of carbonyl (C=O) groups excluding carboxylic acids is 1. The van der Waals surface area contributed by atoms with E-state index in [-0.39, 0.29) is 5.97 Å². The number of likely N-dealkylation sites (N-methyl/N-ethyl adjacent to an activating group) is 1. The first-order valence-corrected chi connectivity index (χ1v) is 7.67. The van der Waals surface area contributed by atoms with Crippen LogP contribution in [0.4, 0.5) is 0 Å². The number of nitrogens with zero attached hydrogens (tertiary/aromatic N) is 1. The fraction of sp³-hybridized carbons (Fsp3) is 0.562. The smallest absolute Gasteiger partial charge is 0.330 e. The van der Waals surface area contributed by atoms with Crippen LogP contribution in [0.15, 0.2) is 24.3 Å². The first-order chi connectivity index (χ1) is 9.97. The minimum atomic E-state index is -0.896. The topological polar surface area (TPSA) is 41.6 Å². The summed E-state index contributed by atoms with van der Waals surface area (Å²) in [5, 5.41) is 3.92. The van der Waals surface area contributed by atoms with E-state index in [1.807, 2.05) is 19.1 Å². The van der Waals surface area contributed by atoms with Crippen molar-refractivity contribution >= 4 is 17.6 Å². The summed E-state index contributed by atoms with van der Waals surface area (Å²) in [7, 11) is 1.40. The van der Waals surface area contributed by atoms with Crippen molar-refractivity contribution in [3.05, 3.63) is 34.9 Å². The standard InChI is InChI=1S/C16H25ClN2O2/c1-5-19(6-2)11-10-18-16(3,15(20)21-4)13-8-7-9-14(17)12-13/h7-9,12,18H,5-6,10-11H2,1-4H3. The van der Waals surface area contributed by atoms with Crippen LogP contribution in [0.25, 0.3) is 0 Å². The van der Waals surface area contributed by atoms with Crippen molar-refractivity contribution in [2.24, 2.45) is 0 Å². The van der Waals surface area contributed by atoms with Crippen molar-refractivity contribution in [3.63, 3.8) is 0 Å². The van der Waals surface area contributed by atoms with Crippen LogP contribution in [0.1, 0.15) is 26.3 Å². The molecular weight excluding hydrogens is 288 g/mol. The van der Waals surface area contributed by atoms with E-state index in [4.69, 9.17) is 16.3 Å². The molecule has 0 saturated carbocycles. The molecule has 0 heterocycles. The fourth-order valence-corrected chi connectivity index (χ4v) is 2.49. The molecule has 1 N–H and O–H groups in total. The second kappa shape index (κ2) is 8.37. The summed E-state index contributed by atoms with van der Waals surface area (Å²) < 4.78 is 4.96. The highest BCUT2D eigenvalue weighted by Gasteiger charge is 2.36. The Morgan fingerprint density at radius 3 is 2.57 bits per heavy atom. The highest BCUT2D eigenvalue weighted by molar-refractivity contribution is 6.30. The average molecular weight is 313 g/mol. The summed E-state index contributed by atoms with van der Waals surface area (Å²) in [6.45, 7) is 9.63. The van der Waals surface area contributed by atoms with Crippen LogP contribution in [-0.2, 0) is 15.1 Å². The van der Waals surface area contributed by atoms with Crippen LogP contribution in [-0.4, -0.2) is 44.2 Å². The van der Waals surface area contributed by atoms with E-state index in [1.54, 1.807) is 12.1 Å². The Hall–Kier alpha value is -1.10. The van der Waals surface area contributed by atoms with Gasteiger partial charge in [-0.3, -0.25) is 5.32 Å². The zero-order valence-electron chi connectivity index (χ0n) is 13.3. The van der Waals surface area contributed by atoms with E-state index >= 15 is 0 Å². The molecule has 1 atom stereocenters. The molecule has 0 bridgehead atoms. The number of hydrogen-bond acceptors (Lipinski definition) is 4. The Kier molecular flexibility index (Phi) is 7.15. The van der Waals surface area contributed by atoms with Crippen molar-refractivity contribution in [2.45, 2.75) is 26.3 Å². The molecule has 0 amide bonds. The summed E-state index contributed by atoms with van der Waals surface area (Å²) in [6, 6.07) is 7.31. The number of carbonyl (C=O) groups is 1. The van der Waals surface area contributed by atoms with Crippen LogP contribution in [0.5, 0.6) is 0 Å². The van der Waals surface area contributed by atoms with E-state index in [9.17, 15) is 4.79 Å². The number of nitrogens with one attached hydrogen (secondary N) is 1. The van der Waals surface area contributed by atoms with Gasteiger partial charge in [-0.15, -0.1) is 0 Å². The van der Waals surface area contributed by atoms with E-state index in [0.717, 1.165) is 25.2 Å². The highest BCUT2D eigenvalue weighted by Crippen LogP contribution is 2.25. The van der Waals surface area contributed by atoms with Crippen LogP contribution in [0.3, 0.4) is 0 Å². The Morgan fingerprint density at radius 2 is 2.05 bits per heavy atom. The molecule has 0 aliphatic carbocycles. The number of benzene rings is 1. The van der Waals surface area contributed by atoms with Gasteiger partial charge in [-0.2, -0.15) is 0 Å². The Balaban J connectivity index is 2.87. The second-order valence-electron chi connectivity index (χ2n) is 5.08. The molecule has 0 radical (unpaired) electrons. The summed E-state index contributed by atoms with van der Waals surface area (Å²) >= 11 is 6.04. The van der Waals surface area contributed by atoms with Gasteiger partial charge in [-0.1, -0.05) is 37.6 Å². The molecule has 0 spiro atoms. The van der Waals surface area contributed by atoms with Gasteiger partial charge in [0.05, 0.1) is 7.11 Å². The molecule has 4 nitrogen and oxygen atoms in total. The zero-order chi connectivity index (χ0) is 15.9. The maximum Gasteiger partial charge on any atom is 0.330 e. The monoisotopic (exact) mass is 312 g/mol. The van der Waals surface area contributed by atoms with Gasteiger partial charge in [0.15, 0.2) is 0 Å². The lowest BCUT2D eigenvalue weighted by Gasteiger charge is -2.30. The maximum atomic E-state index is 12.2. The van der Waals surface area contributed by atoms with Gasteiger partial charge in [0, 0.05) is 18.1 Å². The van der Waals surface area contributed by atoms with Crippen molar-refractivity contribution in [1.29, 1.82) is 0 Å². The van der Waals surface area contributed by atoms with E-state index in [2.05, 4.69) is 24.1 Å². The van der Waals surface area contributed by atoms with Crippen molar-refractivity contribution < 1.29 is 9.53 Å². The molecule has 0 saturated heterocycles. The number of esters is 1. The Bertz CT molecular complexity index is 463. The molecule has 118 valence electrons. The quantitative estimate of drug-likeness (QED) is 0.749. The summed E-state index contributed by atoms with van der Waals surface area (Å²) in [5.74, 6) is -0.315. The molecule has 1 aromatic rings. The molecule has 0 aliphatic rings. The van der Waals surface area contributed by atoms with Crippen LogP contribution in [0.2, 0.25) is 5.02 Å². The first kappa shape index (κ1) is 18.0. The lowest BCUT2D eigenvalue weighted by atomic mass is 9.92. The van der Waals surface area contributed by atoms with Gasteiger partial charge in [-0.05, 0) is 37.7 Å². The molecule has 0 aromatic heterocycles. The van der Waals surface area contributed by atoms with Gasteiger partial charge in [-0.25, -0.2) is 4.79 Å². The predicted octanol–water partition coefficient (Wildman–Crippen LogP) is 2.66. The number of methoxy groups -OCH3 is 1. The summed E-state index contributed by atoms with van der Waals surface area (Å²) in [5.41, 5.74) is -0.0892. The lowest BCUT2D eigenvalue weighted by molar-refractivity contribution is -0.148. The Labute approximate surface area is 132 Å². The highest BCUT2D eigenvalue weighted by atomic mass is 35.5. The van der Waals surface area contributed by atoms with Crippen molar-refractivity contribution in [2.75, 3.05) is 33.3 Å². The van der Waals surface area contributed by atoms with Crippen LogP contribution < -0.4 is 5.32 Å². The molecule has 5 heteroatoms.